The van der Waals surface area contributed by atoms with Gasteiger partial charge >= 0.3 is 0 Å². The molecule has 8 nitrogen and oxygen atoms in total. The number of pyridine rings is 1. The summed E-state index contributed by atoms with van der Waals surface area (Å²) in [4.78, 5) is 25.9. The third kappa shape index (κ3) is 4.72. The molecule has 9 heteroatoms. The first kappa shape index (κ1) is 26.6. The molecule has 2 aromatic heterocycles. The van der Waals surface area contributed by atoms with Gasteiger partial charge in [-0.1, -0.05) is 12.1 Å². The number of carbonyl (C=O) groups excluding carboxylic acids is 1. The summed E-state index contributed by atoms with van der Waals surface area (Å²) in [5.74, 6) is 0.348. The second-order valence-corrected chi connectivity index (χ2v) is 11.9. The Morgan fingerprint density at radius 2 is 1.93 bits per heavy atom. The average Bonchev–Trinajstić information content (AvgIpc) is 3.78. The Morgan fingerprint density at radius 1 is 1.05 bits per heavy atom. The van der Waals surface area contributed by atoms with Crippen molar-refractivity contribution in [2.24, 2.45) is 0 Å². The van der Waals surface area contributed by atoms with Crippen LogP contribution in [0.15, 0.2) is 54.7 Å². The zero-order valence-corrected chi connectivity index (χ0v) is 23.8. The van der Waals surface area contributed by atoms with E-state index in [2.05, 4.69) is 27.0 Å². The number of H-pyrrole nitrogens is 1. The second-order valence-electron chi connectivity index (χ2n) is 11.9. The fraction of sp³-hybridized carbons (Fsp3) is 0.353. The number of carbonyl (C=O) groups is 1. The lowest BCUT2D eigenvalue weighted by Gasteiger charge is -2.38. The van der Waals surface area contributed by atoms with Gasteiger partial charge in [-0.15, -0.1) is 0 Å². The van der Waals surface area contributed by atoms with Crippen LogP contribution in [-0.4, -0.2) is 71.4 Å². The van der Waals surface area contributed by atoms with Crippen LogP contribution < -0.4 is 9.64 Å². The molecule has 2 fully saturated rings. The zero-order valence-electron chi connectivity index (χ0n) is 23.8. The van der Waals surface area contributed by atoms with Crippen LogP contribution >= 0.6 is 0 Å². The molecule has 1 saturated carbocycles. The SMILES string of the molecule is O=C1c2ccc(C3CC3)cc2OCCN1c1cc(F)cc(-c2ccnc3[nH]c(C4=CCN(C5COC5)CC4)cc23)c1CO. The summed E-state index contributed by atoms with van der Waals surface area (Å²) in [5, 5.41) is 11.5. The summed E-state index contributed by atoms with van der Waals surface area (Å²) < 4.78 is 26.8. The third-order valence-electron chi connectivity index (χ3n) is 9.29. The molecule has 0 radical (unpaired) electrons. The van der Waals surface area contributed by atoms with Crippen LogP contribution in [-0.2, 0) is 11.3 Å². The Labute approximate surface area is 248 Å². The molecule has 220 valence electrons. The van der Waals surface area contributed by atoms with Gasteiger partial charge in [0, 0.05) is 35.9 Å². The van der Waals surface area contributed by atoms with Crippen LogP contribution in [0.1, 0.15) is 52.4 Å². The van der Waals surface area contributed by atoms with Crippen molar-refractivity contribution in [1.29, 1.82) is 0 Å². The van der Waals surface area contributed by atoms with Gasteiger partial charge in [-0.3, -0.25) is 9.69 Å². The molecule has 4 aliphatic rings. The van der Waals surface area contributed by atoms with Crippen molar-refractivity contribution in [3.8, 4) is 16.9 Å². The number of hydrogen-bond acceptors (Lipinski definition) is 6. The summed E-state index contributed by atoms with van der Waals surface area (Å²) in [5.41, 5.74) is 6.65. The minimum absolute atomic E-state index is 0.236. The number of amides is 1. The lowest BCUT2D eigenvalue weighted by Crippen LogP contribution is -2.50. The summed E-state index contributed by atoms with van der Waals surface area (Å²) in [6.45, 7) is 3.58. The molecular weight excluding hydrogens is 547 g/mol. The van der Waals surface area contributed by atoms with E-state index in [-0.39, 0.29) is 25.7 Å². The molecule has 0 unspecified atom stereocenters. The first-order valence-corrected chi connectivity index (χ1v) is 15.1. The van der Waals surface area contributed by atoms with Gasteiger partial charge in [0.15, 0.2) is 0 Å². The highest BCUT2D eigenvalue weighted by Crippen LogP contribution is 2.43. The molecule has 3 aliphatic heterocycles. The van der Waals surface area contributed by atoms with Crippen molar-refractivity contribution in [1.82, 2.24) is 14.9 Å². The number of anilines is 1. The number of benzene rings is 2. The minimum Gasteiger partial charge on any atom is -0.491 e. The van der Waals surface area contributed by atoms with E-state index in [1.54, 1.807) is 6.20 Å². The van der Waals surface area contributed by atoms with Crippen LogP contribution in [0.4, 0.5) is 10.1 Å². The Balaban J connectivity index is 1.16. The van der Waals surface area contributed by atoms with E-state index < -0.39 is 5.82 Å². The number of hydrogen-bond donors (Lipinski definition) is 2. The van der Waals surface area contributed by atoms with Crippen LogP contribution in [0.3, 0.4) is 0 Å². The van der Waals surface area contributed by atoms with Gasteiger partial charge in [0.05, 0.1) is 43.7 Å². The number of halogens is 1. The number of rotatable bonds is 6. The van der Waals surface area contributed by atoms with E-state index in [1.165, 1.54) is 28.2 Å². The number of nitrogens with one attached hydrogen (secondary N) is 1. The molecule has 4 aromatic rings. The molecule has 0 atom stereocenters. The van der Waals surface area contributed by atoms with Crippen molar-refractivity contribution in [2.45, 2.75) is 37.8 Å². The number of aliphatic hydroxyl groups excluding tert-OH is 1. The molecule has 1 saturated heterocycles. The topological polar surface area (TPSA) is 90.9 Å². The fourth-order valence-electron chi connectivity index (χ4n) is 6.63. The Kier molecular flexibility index (Phi) is 6.54. The quantitative estimate of drug-likeness (QED) is 0.323. The van der Waals surface area contributed by atoms with Gasteiger partial charge in [-0.2, -0.15) is 0 Å². The van der Waals surface area contributed by atoms with Crippen LogP contribution in [0.5, 0.6) is 5.75 Å². The predicted octanol–water partition coefficient (Wildman–Crippen LogP) is 5.27. The van der Waals surface area contributed by atoms with Crippen molar-refractivity contribution in [3.63, 3.8) is 0 Å². The summed E-state index contributed by atoms with van der Waals surface area (Å²) >= 11 is 0. The molecule has 1 amide bonds. The fourth-order valence-corrected chi connectivity index (χ4v) is 6.63. The molecule has 2 aromatic carbocycles. The average molecular weight is 581 g/mol. The molecule has 2 N–H and O–H groups in total. The Morgan fingerprint density at radius 3 is 2.67 bits per heavy atom. The number of ether oxygens (including phenoxy) is 2. The highest BCUT2D eigenvalue weighted by atomic mass is 19.1. The highest BCUT2D eigenvalue weighted by Gasteiger charge is 2.31. The van der Waals surface area contributed by atoms with Crippen LogP contribution in [0, 0.1) is 5.82 Å². The number of aliphatic hydroxyl groups is 1. The van der Waals surface area contributed by atoms with Crippen molar-refractivity contribution < 1.29 is 23.8 Å². The monoisotopic (exact) mass is 580 g/mol. The normalized spacial score (nSPS) is 19.5. The van der Waals surface area contributed by atoms with E-state index in [9.17, 15) is 9.90 Å². The van der Waals surface area contributed by atoms with Crippen molar-refractivity contribution >= 4 is 28.2 Å². The van der Waals surface area contributed by atoms with Crippen molar-refractivity contribution in [2.75, 3.05) is 44.4 Å². The number of aromatic nitrogens is 2. The van der Waals surface area contributed by atoms with Gasteiger partial charge in [0.1, 0.15) is 23.8 Å². The predicted molar refractivity (Wildman–Crippen MR) is 162 cm³/mol. The first-order valence-electron chi connectivity index (χ1n) is 15.1. The molecule has 43 heavy (non-hydrogen) atoms. The van der Waals surface area contributed by atoms with Gasteiger partial charge in [0.2, 0.25) is 0 Å². The highest BCUT2D eigenvalue weighted by molar-refractivity contribution is 6.09. The largest absolute Gasteiger partial charge is 0.491 e. The van der Waals surface area contributed by atoms with Crippen LogP contribution in [0.25, 0.3) is 27.7 Å². The van der Waals surface area contributed by atoms with E-state index >= 15 is 4.39 Å². The Bertz CT molecular complexity index is 1770. The van der Waals surface area contributed by atoms with E-state index in [0.717, 1.165) is 62.2 Å². The maximum absolute atomic E-state index is 15.4. The maximum atomic E-state index is 15.4. The molecule has 0 spiro atoms. The summed E-state index contributed by atoms with van der Waals surface area (Å²) in [7, 11) is 0. The molecule has 0 bridgehead atoms. The number of nitrogens with zero attached hydrogens (tertiary/aromatic N) is 3. The lowest BCUT2D eigenvalue weighted by molar-refractivity contribution is -0.0612. The summed E-state index contributed by atoms with van der Waals surface area (Å²) in [6, 6.07) is 13.0. The minimum atomic E-state index is -0.486. The molecule has 1 aliphatic carbocycles. The molecule has 8 rings (SSSR count). The smallest absolute Gasteiger partial charge is 0.262 e. The van der Waals surface area contributed by atoms with E-state index in [1.807, 2.05) is 24.3 Å². The summed E-state index contributed by atoms with van der Waals surface area (Å²) in [6.07, 6.45) is 7.16. The van der Waals surface area contributed by atoms with Gasteiger partial charge in [-0.25, -0.2) is 9.37 Å². The second kappa shape index (κ2) is 10.6. The van der Waals surface area contributed by atoms with Crippen LogP contribution in [0.2, 0.25) is 0 Å². The number of fused-ring (bicyclic) bond motifs is 2. The van der Waals surface area contributed by atoms with Gasteiger partial charge in [0.25, 0.3) is 5.91 Å². The third-order valence-corrected chi connectivity index (χ3v) is 9.29. The molecular formula is C34H33FN4O4. The van der Waals surface area contributed by atoms with E-state index in [4.69, 9.17) is 9.47 Å². The van der Waals surface area contributed by atoms with Gasteiger partial charge in [-0.05, 0) is 83.8 Å². The standard InChI is InChI=1S/C34H33FN4O4/c35-23-14-27(25-5-8-36-33-28(25)16-30(37-33)21-6-9-38(10-7-21)24-18-42-19-24)29(17-40)31(15-23)39-11-12-43-32-13-22(20-1-2-20)3-4-26(32)34(39)41/h3-6,8,13-16,20,24,40H,1-2,7,9-12,17-19H2,(H,36,37). The van der Waals surface area contributed by atoms with E-state index in [0.29, 0.717) is 45.7 Å². The van der Waals surface area contributed by atoms with Crippen molar-refractivity contribution in [3.05, 3.63) is 82.9 Å². The lowest BCUT2D eigenvalue weighted by atomic mass is 9.95. The zero-order chi connectivity index (χ0) is 29.1. The first-order chi connectivity index (χ1) is 21.1. The Hall–Kier alpha value is -4.05. The maximum Gasteiger partial charge on any atom is 0.262 e. The number of aromatic amines is 1. The molecule has 5 heterocycles. The van der Waals surface area contributed by atoms with Gasteiger partial charge < -0.3 is 24.5 Å².